The lowest BCUT2D eigenvalue weighted by Gasteiger charge is -2.30. The summed E-state index contributed by atoms with van der Waals surface area (Å²) in [5, 5.41) is 3.80. The number of carbonyl (C=O) groups is 3. The normalized spacial score (nSPS) is 19.1. The first-order valence-corrected chi connectivity index (χ1v) is 11.5. The molecule has 2 atom stereocenters. The Morgan fingerprint density at radius 3 is 2.58 bits per heavy atom. The Labute approximate surface area is 192 Å². The molecule has 2 aliphatic rings. The minimum atomic E-state index is -0.673. The number of urea groups is 1. The summed E-state index contributed by atoms with van der Waals surface area (Å²) in [6.45, 7) is 2.29. The van der Waals surface area contributed by atoms with Crippen LogP contribution in [0.5, 0.6) is 0 Å². The second-order valence-corrected chi connectivity index (χ2v) is 9.08. The van der Waals surface area contributed by atoms with Crippen molar-refractivity contribution < 1.29 is 14.4 Å². The SMILES string of the molecule is CC(C1CC1)N(Cc1ccccc1)C(=O)CN1C(=O)NC(Cc2c[nH]c3ccccc23)C1=O. The average molecular weight is 445 g/mol. The van der Waals surface area contributed by atoms with Crippen molar-refractivity contribution in [3.63, 3.8) is 0 Å². The van der Waals surface area contributed by atoms with Gasteiger partial charge in [-0.15, -0.1) is 0 Å². The van der Waals surface area contributed by atoms with E-state index in [1.54, 1.807) is 0 Å². The van der Waals surface area contributed by atoms with E-state index in [0.717, 1.165) is 39.8 Å². The third kappa shape index (κ3) is 4.35. The second kappa shape index (κ2) is 8.73. The summed E-state index contributed by atoms with van der Waals surface area (Å²) in [7, 11) is 0. The van der Waals surface area contributed by atoms with Gasteiger partial charge in [0.2, 0.25) is 5.91 Å². The molecule has 2 N–H and O–H groups in total. The Balaban J connectivity index is 1.29. The third-order valence-corrected chi connectivity index (χ3v) is 6.81. The molecular formula is C26H28N4O3. The summed E-state index contributed by atoms with van der Waals surface area (Å²) in [5.74, 6) is -0.0674. The Kier molecular flexibility index (Phi) is 5.62. The number of aromatic amines is 1. The number of hydrogen-bond acceptors (Lipinski definition) is 3. The zero-order valence-electron chi connectivity index (χ0n) is 18.7. The molecule has 170 valence electrons. The van der Waals surface area contributed by atoms with Crippen molar-refractivity contribution in [2.45, 2.75) is 44.8 Å². The van der Waals surface area contributed by atoms with Crippen LogP contribution in [-0.4, -0.2) is 51.3 Å². The monoisotopic (exact) mass is 444 g/mol. The predicted octanol–water partition coefficient (Wildman–Crippen LogP) is 3.46. The van der Waals surface area contributed by atoms with Gasteiger partial charge in [0.25, 0.3) is 5.91 Å². The molecule has 2 fully saturated rings. The molecule has 1 saturated carbocycles. The maximum atomic E-state index is 13.3. The molecule has 33 heavy (non-hydrogen) atoms. The van der Waals surface area contributed by atoms with Gasteiger partial charge in [0.05, 0.1) is 0 Å². The van der Waals surface area contributed by atoms with Crippen LogP contribution in [0.25, 0.3) is 10.9 Å². The van der Waals surface area contributed by atoms with Crippen LogP contribution in [0.1, 0.15) is 30.9 Å². The number of benzene rings is 2. The first-order chi connectivity index (χ1) is 16.0. The van der Waals surface area contributed by atoms with Gasteiger partial charge in [-0.1, -0.05) is 48.5 Å². The maximum absolute atomic E-state index is 13.3. The standard InChI is InChI=1S/C26H28N4O3/c1-17(19-11-12-19)29(15-18-7-3-2-4-8-18)24(31)16-30-25(32)23(28-26(30)33)13-20-14-27-22-10-6-5-9-21(20)22/h2-10,14,17,19,23,27H,11-13,15-16H2,1H3,(H,28,33). The Morgan fingerprint density at radius 1 is 1.09 bits per heavy atom. The number of nitrogens with zero attached hydrogens (tertiary/aromatic N) is 2. The highest BCUT2D eigenvalue weighted by molar-refractivity contribution is 6.06. The van der Waals surface area contributed by atoms with Gasteiger partial charge in [-0.2, -0.15) is 0 Å². The van der Waals surface area contributed by atoms with Gasteiger partial charge in [-0.3, -0.25) is 14.5 Å². The highest BCUT2D eigenvalue weighted by Gasteiger charge is 2.41. The smallest absolute Gasteiger partial charge is 0.325 e. The van der Waals surface area contributed by atoms with Crippen molar-refractivity contribution >= 4 is 28.7 Å². The fraction of sp³-hybridized carbons (Fsp3) is 0.346. The van der Waals surface area contributed by atoms with Crippen LogP contribution in [0.2, 0.25) is 0 Å². The number of nitrogens with one attached hydrogen (secondary N) is 2. The fourth-order valence-corrected chi connectivity index (χ4v) is 4.68. The molecule has 7 nitrogen and oxygen atoms in total. The predicted molar refractivity (Wildman–Crippen MR) is 125 cm³/mol. The summed E-state index contributed by atoms with van der Waals surface area (Å²) in [4.78, 5) is 45.1. The number of fused-ring (bicyclic) bond motifs is 1. The molecule has 1 aromatic heterocycles. The summed E-state index contributed by atoms with van der Waals surface area (Å²) < 4.78 is 0. The van der Waals surface area contributed by atoms with E-state index in [1.165, 1.54) is 0 Å². The third-order valence-electron chi connectivity index (χ3n) is 6.81. The van der Waals surface area contributed by atoms with E-state index in [1.807, 2.05) is 65.7 Å². The molecule has 5 rings (SSSR count). The molecule has 2 unspecified atom stereocenters. The number of para-hydroxylation sites is 1. The largest absolute Gasteiger partial charge is 0.361 e. The van der Waals surface area contributed by atoms with Crippen LogP contribution in [-0.2, 0) is 22.6 Å². The molecule has 7 heteroatoms. The van der Waals surface area contributed by atoms with E-state index in [2.05, 4.69) is 17.2 Å². The summed E-state index contributed by atoms with van der Waals surface area (Å²) >= 11 is 0. The molecule has 1 aliphatic carbocycles. The zero-order valence-corrected chi connectivity index (χ0v) is 18.7. The quantitative estimate of drug-likeness (QED) is 0.522. The topological polar surface area (TPSA) is 85.5 Å². The number of aromatic nitrogens is 1. The van der Waals surface area contributed by atoms with E-state index in [0.29, 0.717) is 18.9 Å². The van der Waals surface area contributed by atoms with E-state index < -0.39 is 12.1 Å². The number of amides is 4. The molecule has 0 radical (unpaired) electrons. The van der Waals surface area contributed by atoms with Crippen LogP contribution < -0.4 is 5.32 Å². The number of rotatable bonds is 8. The summed E-state index contributed by atoms with van der Waals surface area (Å²) in [6, 6.07) is 16.6. The van der Waals surface area contributed by atoms with Crippen molar-refractivity contribution in [1.29, 1.82) is 0 Å². The van der Waals surface area contributed by atoms with Crippen LogP contribution >= 0.6 is 0 Å². The lowest BCUT2D eigenvalue weighted by atomic mass is 10.1. The second-order valence-electron chi connectivity index (χ2n) is 9.08. The van der Waals surface area contributed by atoms with Gasteiger partial charge in [0.1, 0.15) is 12.6 Å². The van der Waals surface area contributed by atoms with Crippen molar-refractivity contribution in [3.05, 3.63) is 71.9 Å². The number of hydrogen-bond donors (Lipinski definition) is 2. The van der Waals surface area contributed by atoms with Gasteiger partial charge < -0.3 is 15.2 Å². The van der Waals surface area contributed by atoms with Crippen molar-refractivity contribution in [2.75, 3.05) is 6.54 Å². The van der Waals surface area contributed by atoms with Crippen LogP contribution in [0, 0.1) is 5.92 Å². The van der Waals surface area contributed by atoms with Crippen LogP contribution in [0.4, 0.5) is 4.79 Å². The lowest BCUT2D eigenvalue weighted by molar-refractivity contribution is -0.139. The van der Waals surface area contributed by atoms with E-state index in [-0.39, 0.29) is 24.4 Å². The fourth-order valence-electron chi connectivity index (χ4n) is 4.68. The van der Waals surface area contributed by atoms with Crippen molar-refractivity contribution in [3.8, 4) is 0 Å². The Morgan fingerprint density at radius 2 is 1.82 bits per heavy atom. The van der Waals surface area contributed by atoms with E-state index in [9.17, 15) is 14.4 Å². The maximum Gasteiger partial charge on any atom is 0.325 e. The highest BCUT2D eigenvalue weighted by Crippen LogP contribution is 2.36. The van der Waals surface area contributed by atoms with Crippen molar-refractivity contribution in [2.24, 2.45) is 5.92 Å². The molecule has 0 spiro atoms. The molecule has 2 aromatic carbocycles. The Bertz CT molecular complexity index is 1180. The first-order valence-electron chi connectivity index (χ1n) is 11.5. The minimum Gasteiger partial charge on any atom is -0.361 e. The van der Waals surface area contributed by atoms with Gasteiger partial charge in [0.15, 0.2) is 0 Å². The van der Waals surface area contributed by atoms with Gasteiger partial charge >= 0.3 is 6.03 Å². The Hall–Kier alpha value is -3.61. The lowest BCUT2D eigenvalue weighted by Crippen LogP contribution is -2.47. The number of carbonyl (C=O) groups excluding carboxylic acids is 3. The first kappa shape index (κ1) is 21.2. The molecule has 0 bridgehead atoms. The molecule has 3 aromatic rings. The van der Waals surface area contributed by atoms with Crippen LogP contribution in [0.3, 0.4) is 0 Å². The summed E-state index contributed by atoms with van der Waals surface area (Å²) in [6.07, 6.45) is 4.47. The molecule has 1 aliphatic heterocycles. The minimum absolute atomic E-state index is 0.0699. The molecule has 1 saturated heterocycles. The zero-order chi connectivity index (χ0) is 22.9. The van der Waals surface area contributed by atoms with Gasteiger partial charge in [0, 0.05) is 36.1 Å². The highest BCUT2D eigenvalue weighted by atomic mass is 16.2. The van der Waals surface area contributed by atoms with Crippen LogP contribution in [0.15, 0.2) is 60.8 Å². The van der Waals surface area contributed by atoms with E-state index >= 15 is 0 Å². The molecule has 2 heterocycles. The molecule has 4 amide bonds. The number of H-pyrrole nitrogens is 1. The summed E-state index contributed by atoms with van der Waals surface area (Å²) in [5.41, 5.74) is 2.99. The average Bonchev–Trinajstić information content (AvgIpc) is 3.56. The number of imide groups is 1. The van der Waals surface area contributed by atoms with E-state index in [4.69, 9.17) is 0 Å². The molecular weight excluding hydrogens is 416 g/mol. The van der Waals surface area contributed by atoms with Gasteiger partial charge in [-0.25, -0.2) is 4.79 Å². The van der Waals surface area contributed by atoms with Crippen molar-refractivity contribution in [1.82, 2.24) is 20.1 Å². The van der Waals surface area contributed by atoms with Gasteiger partial charge in [-0.05, 0) is 42.9 Å².